The second-order valence-electron chi connectivity index (χ2n) is 5.65. The predicted octanol–water partition coefficient (Wildman–Crippen LogP) is 1.48. The third-order valence-electron chi connectivity index (χ3n) is 3.87. The normalized spacial score (nSPS) is 15.2. The zero-order valence-electron chi connectivity index (χ0n) is 13.1. The van der Waals surface area contributed by atoms with E-state index in [0.29, 0.717) is 24.1 Å². The van der Waals surface area contributed by atoms with Gasteiger partial charge in [-0.15, -0.1) is 0 Å². The Morgan fingerprint density at radius 2 is 1.91 bits per heavy atom. The number of benzene rings is 2. The smallest absolute Gasteiger partial charge is 0.231 e. The van der Waals surface area contributed by atoms with Crippen molar-refractivity contribution < 1.29 is 24.6 Å². The Bertz CT molecular complexity index is 632. The Balaban J connectivity index is 1.44. The first-order valence-corrected chi connectivity index (χ1v) is 7.81. The van der Waals surface area contributed by atoms with E-state index in [4.69, 9.17) is 14.2 Å². The van der Waals surface area contributed by atoms with Gasteiger partial charge in [0.2, 0.25) is 6.79 Å². The highest BCUT2D eigenvalue weighted by molar-refractivity contribution is 5.46. The standard InChI is InChI=1S/C18H21NO4/c1-13(14-5-3-2-4-6-14)19-10-15(20)11-21-16-7-8-17-18(9-16)23-12-22-17/h2-9,13,15,19-20H,10-12H2,1H3/p+1/t13-,15-/m1/s1. The van der Waals surface area contributed by atoms with Crippen molar-refractivity contribution in [1.82, 2.24) is 0 Å². The molecule has 3 N–H and O–H groups in total. The van der Waals surface area contributed by atoms with Gasteiger partial charge in [0.1, 0.15) is 31.0 Å². The molecule has 0 fully saturated rings. The van der Waals surface area contributed by atoms with Crippen LogP contribution < -0.4 is 19.5 Å². The Labute approximate surface area is 135 Å². The van der Waals surface area contributed by atoms with Crippen LogP contribution in [-0.2, 0) is 0 Å². The van der Waals surface area contributed by atoms with Gasteiger partial charge in [0.15, 0.2) is 11.5 Å². The molecule has 23 heavy (non-hydrogen) atoms. The molecular formula is C18H22NO4+. The van der Waals surface area contributed by atoms with Gasteiger partial charge in [-0.1, -0.05) is 30.3 Å². The SMILES string of the molecule is C[C@@H]([NH2+]C[C@@H](O)COc1ccc2c(c1)OCO2)c1ccccc1. The van der Waals surface area contributed by atoms with E-state index >= 15 is 0 Å². The number of hydrogen-bond acceptors (Lipinski definition) is 4. The van der Waals surface area contributed by atoms with Crippen LogP contribution in [0.4, 0.5) is 0 Å². The van der Waals surface area contributed by atoms with Crippen LogP contribution in [0.25, 0.3) is 0 Å². The minimum absolute atomic E-state index is 0.244. The Hall–Kier alpha value is -2.24. The fourth-order valence-corrected chi connectivity index (χ4v) is 2.48. The van der Waals surface area contributed by atoms with E-state index in [1.165, 1.54) is 5.56 Å². The fourth-order valence-electron chi connectivity index (χ4n) is 2.48. The number of aliphatic hydroxyl groups is 1. The van der Waals surface area contributed by atoms with Gasteiger partial charge in [-0.2, -0.15) is 0 Å². The Morgan fingerprint density at radius 1 is 1.13 bits per heavy atom. The summed E-state index contributed by atoms with van der Waals surface area (Å²) in [5.41, 5.74) is 1.25. The predicted molar refractivity (Wildman–Crippen MR) is 85.7 cm³/mol. The van der Waals surface area contributed by atoms with E-state index in [-0.39, 0.29) is 13.4 Å². The first-order chi connectivity index (χ1) is 11.2. The van der Waals surface area contributed by atoms with Gasteiger partial charge >= 0.3 is 0 Å². The quantitative estimate of drug-likeness (QED) is 0.812. The Kier molecular flexibility index (Phi) is 5.00. The molecular weight excluding hydrogens is 294 g/mol. The lowest BCUT2D eigenvalue weighted by Gasteiger charge is -2.15. The van der Waals surface area contributed by atoms with E-state index in [0.717, 1.165) is 5.75 Å². The number of fused-ring (bicyclic) bond motifs is 1. The van der Waals surface area contributed by atoms with E-state index in [9.17, 15) is 5.11 Å². The molecule has 122 valence electrons. The summed E-state index contributed by atoms with van der Waals surface area (Å²) in [7, 11) is 0. The third-order valence-corrected chi connectivity index (χ3v) is 3.87. The summed E-state index contributed by atoms with van der Waals surface area (Å²) < 4.78 is 16.2. The first-order valence-electron chi connectivity index (χ1n) is 7.81. The van der Waals surface area contributed by atoms with E-state index in [1.54, 1.807) is 6.07 Å². The van der Waals surface area contributed by atoms with Crippen molar-refractivity contribution in [2.75, 3.05) is 19.9 Å². The van der Waals surface area contributed by atoms with Gasteiger partial charge in [0.25, 0.3) is 0 Å². The van der Waals surface area contributed by atoms with Crippen molar-refractivity contribution in [1.29, 1.82) is 0 Å². The molecule has 3 rings (SSSR count). The number of ether oxygens (including phenoxy) is 3. The average Bonchev–Trinajstić information content (AvgIpc) is 3.06. The first kappa shape index (κ1) is 15.6. The molecule has 0 spiro atoms. The average molecular weight is 316 g/mol. The number of nitrogens with two attached hydrogens (primary N) is 1. The van der Waals surface area contributed by atoms with Gasteiger partial charge in [0.05, 0.1) is 0 Å². The van der Waals surface area contributed by atoms with Crippen molar-refractivity contribution in [2.24, 2.45) is 0 Å². The van der Waals surface area contributed by atoms with Gasteiger partial charge in [-0.25, -0.2) is 0 Å². The highest BCUT2D eigenvalue weighted by Crippen LogP contribution is 2.35. The van der Waals surface area contributed by atoms with Gasteiger partial charge in [-0.05, 0) is 19.1 Å². The monoisotopic (exact) mass is 316 g/mol. The molecule has 2 aromatic rings. The lowest BCUT2D eigenvalue weighted by atomic mass is 10.1. The molecule has 2 aromatic carbocycles. The lowest BCUT2D eigenvalue weighted by Crippen LogP contribution is -2.87. The topological polar surface area (TPSA) is 64.5 Å². The molecule has 0 unspecified atom stereocenters. The molecule has 0 aromatic heterocycles. The van der Waals surface area contributed by atoms with Crippen LogP contribution in [-0.4, -0.2) is 31.2 Å². The maximum absolute atomic E-state index is 10.1. The van der Waals surface area contributed by atoms with E-state index in [1.807, 2.05) is 30.3 Å². The van der Waals surface area contributed by atoms with Crippen LogP contribution in [0.1, 0.15) is 18.5 Å². The highest BCUT2D eigenvalue weighted by Gasteiger charge is 2.16. The van der Waals surface area contributed by atoms with E-state index < -0.39 is 6.10 Å². The minimum atomic E-state index is -0.536. The Morgan fingerprint density at radius 3 is 2.74 bits per heavy atom. The molecule has 0 saturated carbocycles. The summed E-state index contributed by atoms with van der Waals surface area (Å²) in [5.74, 6) is 2.08. The van der Waals surface area contributed by atoms with Gasteiger partial charge in [0, 0.05) is 11.6 Å². The lowest BCUT2D eigenvalue weighted by molar-refractivity contribution is -0.698. The molecule has 0 saturated heterocycles. The van der Waals surface area contributed by atoms with Crippen molar-refractivity contribution >= 4 is 0 Å². The van der Waals surface area contributed by atoms with Crippen LogP contribution in [0.5, 0.6) is 17.2 Å². The minimum Gasteiger partial charge on any atom is -0.491 e. The third kappa shape index (κ3) is 4.15. The largest absolute Gasteiger partial charge is 0.491 e. The van der Waals surface area contributed by atoms with Crippen LogP contribution >= 0.6 is 0 Å². The molecule has 0 amide bonds. The molecule has 1 heterocycles. The molecule has 5 nitrogen and oxygen atoms in total. The van der Waals surface area contributed by atoms with Crippen molar-refractivity contribution in [3.05, 3.63) is 54.1 Å². The van der Waals surface area contributed by atoms with Crippen molar-refractivity contribution in [2.45, 2.75) is 19.1 Å². The summed E-state index contributed by atoms with van der Waals surface area (Å²) in [6, 6.07) is 16.0. The van der Waals surface area contributed by atoms with Gasteiger partial charge in [-0.3, -0.25) is 0 Å². The summed E-state index contributed by atoms with van der Waals surface area (Å²) >= 11 is 0. The number of hydrogen-bond donors (Lipinski definition) is 2. The molecule has 1 aliphatic heterocycles. The molecule has 0 radical (unpaired) electrons. The molecule has 2 atom stereocenters. The molecule has 1 aliphatic rings. The zero-order valence-corrected chi connectivity index (χ0v) is 13.1. The van der Waals surface area contributed by atoms with E-state index in [2.05, 4.69) is 24.4 Å². The summed E-state index contributed by atoms with van der Waals surface area (Å²) in [4.78, 5) is 0. The zero-order chi connectivity index (χ0) is 16.1. The maximum Gasteiger partial charge on any atom is 0.231 e. The van der Waals surface area contributed by atoms with Crippen molar-refractivity contribution in [3.63, 3.8) is 0 Å². The highest BCUT2D eigenvalue weighted by atomic mass is 16.7. The summed E-state index contributed by atoms with van der Waals surface area (Å²) in [6.45, 7) is 3.20. The van der Waals surface area contributed by atoms with Crippen molar-refractivity contribution in [3.8, 4) is 17.2 Å². The van der Waals surface area contributed by atoms with Crippen LogP contribution in [0.15, 0.2) is 48.5 Å². The van der Waals surface area contributed by atoms with Crippen LogP contribution in [0.3, 0.4) is 0 Å². The maximum atomic E-state index is 10.1. The molecule has 0 bridgehead atoms. The molecule has 5 heteroatoms. The number of quaternary nitrogens is 1. The molecule has 0 aliphatic carbocycles. The van der Waals surface area contributed by atoms with Crippen LogP contribution in [0, 0.1) is 0 Å². The fraction of sp³-hybridized carbons (Fsp3) is 0.333. The number of aliphatic hydroxyl groups excluding tert-OH is 1. The number of rotatable bonds is 7. The summed E-state index contributed by atoms with van der Waals surface area (Å²) in [5, 5.41) is 12.2. The second kappa shape index (κ2) is 7.35. The second-order valence-corrected chi connectivity index (χ2v) is 5.65. The summed E-state index contributed by atoms with van der Waals surface area (Å²) in [6.07, 6.45) is -0.536. The van der Waals surface area contributed by atoms with Crippen LogP contribution in [0.2, 0.25) is 0 Å². The van der Waals surface area contributed by atoms with Gasteiger partial charge < -0.3 is 24.6 Å².